The minimum Gasteiger partial charge on any atom is -0.443 e. The van der Waals surface area contributed by atoms with E-state index in [4.69, 9.17) is 14.2 Å². The maximum absolute atomic E-state index is 14.6. The first-order chi connectivity index (χ1) is 18.3. The van der Waals surface area contributed by atoms with Crippen molar-refractivity contribution in [2.75, 3.05) is 4.90 Å². The molecule has 0 radical (unpaired) electrons. The van der Waals surface area contributed by atoms with Crippen molar-refractivity contribution in [3.8, 4) is 0 Å². The van der Waals surface area contributed by atoms with Gasteiger partial charge in [-0.2, -0.15) is 5.01 Å². The number of amides is 4. The minimum atomic E-state index is -1.94. The molecule has 0 spiro atoms. The smallest absolute Gasteiger partial charge is 0.430 e. The average molecular weight is 554 g/mol. The Balaban J connectivity index is 2.29. The number of anilines is 1. The zero-order valence-corrected chi connectivity index (χ0v) is 24.7. The van der Waals surface area contributed by atoms with Crippen molar-refractivity contribution in [2.24, 2.45) is 0 Å². The summed E-state index contributed by atoms with van der Waals surface area (Å²) in [6, 6.07) is 15.5. The van der Waals surface area contributed by atoms with Gasteiger partial charge in [-0.3, -0.25) is 4.79 Å². The van der Waals surface area contributed by atoms with Crippen LogP contribution < -0.4 is 10.3 Å². The second-order valence-electron chi connectivity index (χ2n) is 12.6. The molecule has 4 amide bonds. The third-order valence-electron chi connectivity index (χ3n) is 5.59. The van der Waals surface area contributed by atoms with E-state index >= 15 is 0 Å². The van der Waals surface area contributed by atoms with Crippen LogP contribution in [0.2, 0.25) is 0 Å². The Morgan fingerprint density at radius 1 is 0.775 bits per heavy atom. The third kappa shape index (κ3) is 6.91. The van der Waals surface area contributed by atoms with Gasteiger partial charge in [-0.05, 0) is 73.9 Å². The van der Waals surface area contributed by atoms with Crippen molar-refractivity contribution in [3.63, 3.8) is 0 Å². The summed E-state index contributed by atoms with van der Waals surface area (Å²) in [5.41, 5.74) is -1.07. The van der Waals surface area contributed by atoms with Gasteiger partial charge >= 0.3 is 18.3 Å². The van der Waals surface area contributed by atoms with Gasteiger partial charge in [0.1, 0.15) is 16.8 Å². The van der Waals surface area contributed by atoms with Gasteiger partial charge in [0.25, 0.3) is 5.91 Å². The van der Waals surface area contributed by atoms with E-state index in [1.807, 2.05) is 6.07 Å². The van der Waals surface area contributed by atoms with Gasteiger partial charge in [0.05, 0.1) is 5.69 Å². The lowest BCUT2D eigenvalue weighted by Crippen LogP contribution is -2.64. The van der Waals surface area contributed by atoms with Gasteiger partial charge in [0.2, 0.25) is 0 Å². The van der Waals surface area contributed by atoms with E-state index in [1.54, 1.807) is 111 Å². The number of para-hydroxylation sites is 1. The van der Waals surface area contributed by atoms with Crippen LogP contribution in [-0.2, 0) is 31.0 Å². The largest absolute Gasteiger partial charge is 0.443 e. The normalized spacial score (nSPS) is 17.1. The fourth-order valence-corrected chi connectivity index (χ4v) is 4.27. The molecular formula is C30H39N3O7. The molecule has 0 saturated heterocycles. The first kappa shape index (κ1) is 30.5. The summed E-state index contributed by atoms with van der Waals surface area (Å²) in [6.07, 6.45) is -3.01. The maximum Gasteiger partial charge on any atom is 0.430 e. The van der Waals surface area contributed by atoms with E-state index in [0.717, 1.165) is 9.91 Å². The highest BCUT2D eigenvalue weighted by Crippen LogP contribution is 2.46. The monoisotopic (exact) mass is 553 g/mol. The van der Waals surface area contributed by atoms with E-state index in [-0.39, 0.29) is 12.1 Å². The molecule has 3 rings (SSSR count). The number of rotatable bonds is 3. The fraction of sp³-hybridized carbons (Fsp3) is 0.467. The highest BCUT2D eigenvalue weighted by Gasteiger charge is 2.60. The first-order valence-corrected chi connectivity index (χ1v) is 13.1. The Bertz CT molecular complexity index is 1270. The number of fused-ring (bicyclic) bond motifs is 1. The molecule has 2 aromatic carbocycles. The Hall–Kier alpha value is -4.08. The Morgan fingerprint density at radius 3 is 1.85 bits per heavy atom. The summed E-state index contributed by atoms with van der Waals surface area (Å²) in [5.74, 6) is -0.797. The fourth-order valence-electron chi connectivity index (χ4n) is 4.27. The highest BCUT2D eigenvalue weighted by atomic mass is 16.6. The molecule has 0 saturated carbocycles. The molecule has 40 heavy (non-hydrogen) atoms. The van der Waals surface area contributed by atoms with Crippen molar-refractivity contribution >= 4 is 29.9 Å². The lowest BCUT2D eigenvalue weighted by Gasteiger charge is -2.40. The standard InChI is InChI=1S/C30H39N3O7/c1-27(2,3)38-24(35)31-33(26(37)40-29(7,8)9)30(19-20-15-11-10-12-16-20)21-17-13-14-18-22(21)32(23(30)34)25(36)39-28(4,5)6/h10-18H,19H2,1-9H3,(H,31,35)/t30-/m1/s1. The number of hydrazine groups is 1. The summed E-state index contributed by atoms with van der Waals surface area (Å²) in [6.45, 7) is 15.1. The second-order valence-corrected chi connectivity index (χ2v) is 12.6. The molecule has 1 N–H and O–H groups in total. The zero-order chi connectivity index (χ0) is 30.1. The lowest BCUT2D eigenvalue weighted by atomic mass is 9.84. The van der Waals surface area contributed by atoms with Gasteiger partial charge in [-0.25, -0.2) is 24.7 Å². The predicted octanol–water partition coefficient (Wildman–Crippen LogP) is 6.08. The van der Waals surface area contributed by atoms with E-state index < -0.39 is 46.5 Å². The Morgan fingerprint density at radius 2 is 1.30 bits per heavy atom. The van der Waals surface area contributed by atoms with Crippen molar-refractivity contribution in [2.45, 2.75) is 91.1 Å². The van der Waals surface area contributed by atoms with Gasteiger partial charge in [-0.1, -0.05) is 48.5 Å². The van der Waals surface area contributed by atoms with E-state index in [9.17, 15) is 19.2 Å². The molecule has 0 bridgehead atoms. The molecule has 1 aliphatic rings. The number of nitrogens with one attached hydrogen (secondary N) is 1. The molecule has 0 aliphatic carbocycles. The van der Waals surface area contributed by atoms with Gasteiger partial charge in [0.15, 0.2) is 5.54 Å². The van der Waals surface area contributed by atoms with Gasteiger partial charge < -0.3 is 14.2 Å². The van der Waals surface area contributed by atoms with Crippen LogP contribution in [0.4, 0.5) is 20.1 Å². The van der Waals surface area contributed by atoms with Gasteiger partial charge in [-0.15, -0.1) is 0 Å². The van der Waals surface area contributed by atoms with Crippen LogP contribution >= 0.6 is 0 Å². The van der Waals surface area contributed by atoms with Gasteiger partial charge in [0, 0.05) is 12.0 Å². The summed E-state index contributed by atoms with van der Waals surface area (Å²) in [7, 11) is 0. The number of carbonyl (C=O) groups is 4. The number of hydrogen-bond acceptors (Lipinski definition) is 7. The maximum atomic E-state index is 14.6. The number of benzene rings is 2. The van der Waals surface area contributed by atoms with Crippen molar-refractivity contribution < 1.29 is 33.4 Å². The van der Waals surface area contributed by atoms with Crippen LogP contribution in [0.3, 0.4) is 0 Å². The summed E-state index contributed by atoms with van der Waals surface area (Å²) < 4.78 is 16.7. The van der Waals surface area contributed by atoms with Crippen LogP contribution in [0.5, 0.6) is 0 Å². The average Bonchev–Trinajstić information content (AvgIpc) is 3.03. The number of ether oxygens (including phenoxy) is 3. The lowest BCUT2D eigenvalue weighted by molar-refractivity contribution is -0.132. The summed E-state index contributed by atoms with van der Waals surface area (Å²) >= 11 is 0. The van der Waals surface area contributed by atoms with Crippen molar-refractivity contribution in [3.05, 3.63) is 65.7 Å². The molecule has 10 heteroatoms. The van der Waals surface area contributed by atoms with Crippen LogP contribution in [0.15, 0.2) is 54.6 Å². The molecule has 1 atom stereocenters. The van der Waals surface area contributed by atoms with Crippen molar-refractivity contribution in [1.82, 2.24) is 10.4 Å². The van der Waals surface area contributed by atoms with E-state index in [2.05, 4.69) is 5.43 Å². The third-order valence-corrected chi connectivity index (χ3v) is 5.59. The SMILES string of the molecule is CC(C)(C)OC(=O)NN(C(=O)OC(C)(C)C)[C@@]1(Cc2ccccc2)C(=O)N(C(=O)OC(C)(C)C)c2ccccc21. The predicted molar refractivity (Wildman–Crippen MR) is 149 cm³/mol. The van der Waals surface area contributed by atoms with E-state index in [0.29, 0.717) is 11.1 Å². The molecular weight excluding hydrogens is 514 g/mol. The molecule has 10 nitrogen and oxygen atoms in total. The Kier molecular flexibility index (Phi) is 8.24. The summed E-state index contributed by atoms with van der Waals surface area (Å²) in [4.78, 5) is 55.9. The topological polar surface area (TPSA) is 114 Å². The number of carbonyl (C=O) groups excluding carboxylic acids is 4. The zero-order valence-electron chi connectivity index (χ0n) is 24.7. The first-order valence-electron chi connectivity index (χ1n) is 13.1. The molecule has 216 valence electrons. The van der Waals surface area contributed by atoms with Crippen LogP contribution in [0.1, 0.15) is 73.4 Å². The quantitative estimate of drug-likeness (QED) is 0.362. The second kappa shape index (κ2) is 10.8. The van der Waals surface area contributed by atoms with Crippen LogP contribution in [0, 0.1) is 0 Å². The highest BCUT2D eigenvalue weighted by molar-refractivity contribution is 6.21. The number of nitrogens with zero attached hydrogens (tertiary/aromatic N) is 2. The number of hydrogen-bond donors (Lipinski definition) is 1. The molecule has 0 aromatic heterocycles. The molecule has 1 heterocycles. The molecule has 0 fully saturated rings. The van der Waals surface area contributed by atoms with Crippen LogP contribution in [0.25, 0.3) is 0 Å². The minimum absolute atomic E-state index is 0.0992. The molecule has 1 aliphatic heterocycles. The molecule has 2 aromatic rings. The van der Waals surface area contributed by atoms with E-state index in [1.165, 1.54) is 0 Å². The van der Waals surface area contributed by atoms with Crippen LogP contribution in [-0.4, -0.2) is 46.0 Å². The van der Waals surface area contributed by atoms with Crippen molar-refractivity contribution in [1.29, 1.82) is 0 Å². The summed E-state index contributed by atoms with van der Waals surface area (Å²) in [5, 5.41) is 0.838. The molecule has 0 unspecified atom stereocenters. The number of imide groups is 1. The Labute approximate surface area is 235 Å².